The molecule has 3 N–H and O–H groups in total. The van der Waals surface area contributed by atoms with E-state index < -0.39 is 0 Å². The molecule has 2 unspecified atom stereocenters. The molecule has 0 saturated heterocycles. The summed E-state index contributed by atoms with van der Waals surface area (Å²) in [6.45, 7) is 4.52. The van der Waals surface area contributed by atoms with Gasteiger partial charge in [0, 0.05) is 4.88 Å². The Hall–Kier alpha value is -0.380. The summed E-state index contributed by atoms with van der Waals surface area (Å²) in [5.74, 6) is 6.30. The SMILES string of the molecule is CCCC(C)CC(NN)c1cccs1. The minimum atomic E-state index is 0.330. The van der Waals surface area contributed by atoms with E-state index in [9.17, 15) is 0 Å². The van der Waals surface area contributed by atoms with Crippen LogP contribution in [0.5, 0.6) is 0 Å². The van der Waals surface area contributed by atoms with Crippen LogP contribution in [0.3, 0.4) is 0 Å². The highest BCUT2D eigenvalue weighted by Gasteiger charge is 2.13. The summed E-state index contributed by atoms with van der Waals surface area (Å²) in [6, 6.07) is 4.56. The second-order valence-electron chi connectivity index (χ2n) is 3.86. The van der Waals surface area contributed by atoms with Crippen LogP contribution in [-0.4, -0.2) is 0 Å². The molecule has 0 fully saturated rings. The van der Waals surface area contributed by atoms with Crippen LogP contribution in [0, 0.1) is 5.92 Å². The van der Waals surface area contributed by atoms with E-state index in [2.05, 4.69) is 36.8 Å². The van der Waals surface area contributed by atoms with Crippen molar-refractivity contribution in [1.82, 2.24) is 5.43 Å². The lowest BCUT2D eigenvalue weighted by molar-refractivity contribution is 0.398. The fourth-order valence-electron chi connectivity index (χ4n) is 1.77. The van der Waals surface area contributed by atoms with Gasteiger partial charge in [-0.05, 0) is 23.8 Å². The van der Waals surface area contributed by atoms with Crippen molar-refractivity contribution in [2.75, 3.05) is 0 Å². The van der Waals surface area contributed by atoms with Crippen LogP contribution < -0.4 is 11.3 Å². The molecular weight excluding hydrogens is 192 g/mol. The van der Waals surface area contributed by atoms with E-state index >= 15 is 0 Å². The van der Waals surface area contributed by atoms with Crippen LogP contribution in [0.2, 0.25) is 0 Å². The van der Waals surface area contributed by atoms with Gasteiger partial charge in [-0.2, -0.15) is 0 Å². The molecule has 0 bridgehead atoms. The van der Waals surface area contributed by atoms with Crippen molar-refractivity contribution in [3.63, 3.8) is 0 Å². The molecular formula is C11H20N2S. The number of thiophene rings is 1. The second-order valence-corrected chi connectivity index (χ2v) is 4.84. The molecule has 14 heavy (non-hydrogen) atoms. The van der Waals surface area contributed by atoms with Crippen molar-refractivity contribution in [3.8, 4) is 0 Å². The summed E-state index contributed by atoms with van der Waals surface area (Å²) in [6.07, 6.45) is 3.66. The van der Waals surface area contributed by atoms with Gasteiger partial charge in [-0.15, -0.1) is 11.3 Å². The van der Waals surface area contributed by atoms with Crippen molar-refractivity contribution in [3.05, 3.63) is 22.4 Å². The second kappa shape index (κ2) is 6.17. The van der Waals surface area contributed by atoms with Gasteiger partial charge < -0.3 is 0 Å². The van der Waals surface area contributed by atoms with E-state index in [1.54, 1.807) is 11.3 Å². The Morgan fingerprint density at radius 3 is 2.86 bits per heavy atom. The summed E-state index contributed by atoms with van der Waals surface area (Å²) < 4.78 is 0. The Kier molecular flexibility index (Phi) is 5.15. The standard InChI is InChI=1S/C11H20N2S/c1-3-5-9(2)8-10(13-12)11-6-4-7-14-11/h4,6-7,9-10,13H,3,5,8,12H2,1-2H3. The summed E-state index contributed by atoms with van der Waals surface area (Å²) >= 11 is 1.77. The Morgan fingerprint density at radius 2 is 2.36 bits per heavy atom. The number of hydrazine groups is 1. The first kappa shape index (κ1) is 11.7. The minimum absolute atomic E-state index is 0.330. The lowest BCUT2D eigenvalue weighted by Gasteiger charge is -2.18. The topological polar surface area (TPSA) is 38.0 Å². The van der Waals surface area contributed by atoms with Gasteiger partial charge in [0.05, 0.1) is 6.04 Å². The van der Waals surface area contributed by atoms with Gasteiger partial charge in [-0.25, -0.2) is 0 Å². The van der Waals surface area contributed by atoms with Crippen LogP contribution in [-0.2, 0) is 0 Å². The first-order valence-corrected chi connectivity index (χ1v) is 6.15. The van der Waals surface area contributed by atoms with Crippen molar-refractivity contribution >= 4 is 11.3 Å². The molecule has 2 nitrogen and oxygen atoms in total. The zero-order chi connectivity index (χ0) is 10.4. The maximum Gasteiger partial charge on any atom is 0.0555 e. The maximum absolute atomic E-state index is 5.57. The fourth-order valence-corrected chi connectivity index (χ4v) is 2.57. The number of nitrogens with one attached hydrogen (secondary N) is 1. The van der Waals surface area contributed by atoms with E-state index in [1.165, 1.54) is 17.7 Å². The average molecular weight is 212 g/mol. The van der Waals surface area contributed by atoms with Crippen LogP contribution in [0.25, 0.3) is 0 Å². The highest BCUT2D eigenvalue weighted by molar-refractivity contribution is 7.10. The molecule has 0 aliphatic heterocycles. The molecule has 0 aromatic carbocycles. The molecule has 0 amide bonds. The molecule has 0 spiro atoms. The average Bonchev–Trinajstić information content (AvgIpc) is 2.67. The van der Waals surface area contributed by atoms with Gasteiger partial charge >= 0.3 is 0 Å². The molecule has 1 aromatic rings. The molecule has 3 heteroatoms. The van der Waals surface area contributed by atoms with Crippen LogP contribution >= 0.6 is 11.3 Å². The molecule has 0 radical (unpaired) electrons. The first-order chi connectivity index (χ1) is 6.77. The quantitative estimate of drug-likeness (QED) is 0.562. The number of rotatable bonds is 6. The number of nitrogens with two attached hydrogens (primary N) is 1. The zero-order valence-electron chi connectivity index (χ0n) is 8.99. The highest BCUT2D eigenvalue weighted by Crippen LogP contribution is 2.26. The zero-order valence-corrected chi connectivity index (χ0v) is 9.81. The smallest absolute Gasteiger partial charge is 0.0555 e. The van der Waals surface area contributed by atoms with Crippen molar-refractivity contribution < 1.29 is 0 Å². The van der Waals surface area contributed by atoms with Crippen molar-refractivity contribution in [1.29, 1.82) is 0 Å². The molecule has 0 saturated carbocycles. The summed E-state index contributed by atoms with van der Waals surface area (Å²) in [7, 11) is 0. The predicted octanol–water partition coefficient (Wildman–Crippen LogP) is 3.08. The third-order valence-electron chi connectivity index (χ3n) is 2.51. The fraction of sp³-hybridized carbons (Fsp3) is 0.636. The van der Waals surface area contributed by atoms with Crippen molar-refractivity contribution in [2.45, 2.75) is 39.2 Å². The lowest BCUT2D eigenvalue weighted by Crippen LogP contribution is -2.28. The van der Waals surface area contributed by atoms with Crippen LogP contribution in [0.4, 0.5) is 0 Å². The molecule has 1 aromatic heterocycles. The Balaban J connectivity index is 2.47. The molecule has 1 heterocycles. The molecule has 1 rings (SSSR count). The predicted molar refractivity (Wildman–Crippen MR) is 63.1 cm³/mol. The third-order valence-corrected chi connectivity index (χ3v) is 3.49. The van der Waals surface area contributed by atoms with Gasteiger partial charge in [0.25, 0.3) is 0 Å². The van der Waals surface area contributed by atoms with E-state index in [0.29, 0.717) is 6.04 Å². The van der Waals surface area contributed by atoms with Gasteiger partial charge in [0.2, 0.25) is 0 Å². The van der Waals surface area contributed by atoms with Gasteiger partial charge in [-0.1, -0.05) is 32.8 Å². The van der Waals surface area contributed by atoms with Gasteiger partial charge in [-0.3, -0.25) is 11.3 Å². The van der Waals surface area contributed by atoms with Gasteiger partial charge in [0.1, 0.15) is 0 Å². The number of hydrogen-bond acceptors (Lipinski definition) is 3. The Bertz CT molecular complexity index is 233. The molecule has 2 atom stereocenters. The van der Waals surface area contributed by atoms with Crippen molar-refractivity contribution in [2.24, 2.45) is 11.8 Å². The largest absolute Gasteiger partial charge is 0.271 e. The normalized spacial score (nSPS) is 15.4. The van der Waals surface area contributed by atoms with Crippen LogP contribution in [0.15, 0.2) is 17.5 Å². The molecule has 0 aliphatic carbocycles. The number of hydrogen-bond donors (Lipinski definition) is 2. The van der Waals surface area contributed by atoms with Crippen LogP contribution in [0.1, 0.15) is 44.0 Å². The van der Waals surface area contributed by atoms with Gasteiger partial charge in [0.15, 0.2) is 0 Å². The first-order valence-electron chi connectivity index (χ1n) is 5.27. The minimum Gasteiger partial charge on any atom is -0.271 e. The monoisotopic (exact) mass is 212 g/mol. The van der Waals surface area contributed by atoms with E-state index in [0.717, 1.165) is 12.3 Å². The maximum atomic E-state index is 5.57. The lowest BCUT2D eigenvalue weighted by atomic mass is 9.97. The third kappa shape index (κ3) is 3.40. The summed E-state index contributed by atoms with van der Waals surface area (Å²) in [5, 5.41) is 2.10. The Labute approximate surface area is 90.5 Å². The van der Waals surface area contributed by atoms with E-state index in [1.807, 2.05) is 0 Å². The van der Waals surface area contributed by atoms with E-state index in [4.69, 9.17) is 5.84 Å². The van der Waals surface area contributed by atoms with E-state index in [-0.39, 0.29) is 0 Å². The highest BCUT2D eigenvalue weighted by atomic mass is 32.1. The summed E-state index contributed by atoms with van der Waals surface area (Å²) in [5.41, 5.74) is 2.90. The molecule has 80 valence electrons. The molecule has 0 aliphatic rings. The summed E-state index contributed by atoms with van der Waals surface area (Å²) in [4.78, 5) is 1.34. The Morgan fingerprint density at radius 1 is 1.57 bits per heavy atom.